The summed E-state index contributed by atoms with van der Waals surface area (Å²) in [6.45, 7) is 2.32. The molecule has 0 spiro atoms. The van der Waals surface area contributed by atoms with Crippen LogP contribution in [0.25, 0.3) is 0 Å². The maximum atomic E-state index is 12.2. The summed E-state index contributed by atoms with van der Waals surface area (Å²) in [5.41, 5.74) is -0.0380. The fourth-order valence-electron chi connectivity index (χ4n) is 2.67. The minimum absolute atomic E-state index is 0.171. The van der Waals surface area contributed by atoms with Gasteiger partial charge in [0.05, 0.1) is 17.7 Å². The van der Waals surface area contributed by atoms with Gasteiger partial charge in [-0.2, -0.15) is 0 Å². The van der Waals surface area contributed by atoms with Crippen molar-refractivity contribution < 1.29 is 19.2 Å². The van der Waals surface area contributed by atoms with Crippen LogP contribution in [0.5, 0.6) is 17.4 Å². The number of pyridine rings is 2. The molecule has 0 unspecified atom stereocenters. The summed E-state index contributed by atoms with van der Waals surface area (Å²) in [4.78, 5) is 38.3. The quantitative estimate of drug-likeness (QED) is 0.413. The smallest absolute Gasteiger partial charge is 0.285 e. The number of carbonyl (C=O) groups is 1. The number of ether oxygens (including phenoxy) is 2. The van der Waals surface area contributed by atoms with E-state index in [9.17, 15) is 19.7 Å². The molecule has 0 fully saturated rings. The second kappa shape index (κ2) is 10.0. The lowest BCUT2D eigenvalue weighted by molar-refractivity contribution is -0.385. The van der Waals surface area contributed by atoms with Gasteiger partial charge in [-0.1, -0.05) is 0 Å². The molecule has 3 rings (SSSR count). The highest BCUT2D eigenvalue weighted by Gasteiger charge is 2.11. The third-order valence-electron chi connectivity index (χ3n) is 4.14. The second-order valence-electron chi connectivity index (χ2n) is 6.40. The molecule has 10 heteroatoms. The SMILES string of the molecule is CCOc1ccc(Oc2cc(CNC(=O)Cn3cc([N+](=O)[O-])ccc3=O)ccn2)cc1. The molecule has 1 N–H and O–H groups in total. The van der Waals surface area contributed by atoms with Gasteiger partial charge in [-0.15, -0.1) is 0 Å². The number of hydrogen-bond acceptors (Lipinski definition) is 7. The third kappa shape index (κ3) is 6.13. The molecule has 0 radical (unpaired) electrons. The van der Waals surface area contributed by atoms with Gasteiger partial charge in [-0.05, 0) is 42.8 Å². The minimum Gasteiger partial charge on any atom is -0.494 e. The van der Waals surface area contributed by atoms with Crippen LogP contribution in [0.3, 0.4) is 0 Å². The van der Waals surface area contributed by atoms with Gasteiger partial charge < -0.3 is 14.8 Å². The molecular formula is C21H20N4O6. The molecule has 0 bridgehead atoms. The van der Waals surface area contributed by atoms with Crippen LogP contribution in [0.4, 0.5) is 5.69 Å². The van der Waals surface area contributed by atoms with Crippen LogP contribution in [0, 0.1) is 10.1 Å². The predicted octanol–water partition coefficient (Wildman–Crippen LogP) is 2.66. The molecule has 0 aliphatic heterocycles. The van der Waals surface area contributed by atoms with Gasteiger partial charge in [0, 0.05) is 30.9 Å². The third-order valence-corrected chi connectivity index (χ3v) is 4.14. The Morgan fingerprint density at radius 2 is 1.90 bits per heavy atom. The van der Waals surface area contributed by atoms with Crippen LogP contribution in [-0.2, 0) is 17.9 Å². The number of aromatic nitrogens is 2. The van der Waals surface area contributed by atoms with Crippen LogP contribution in [0.2, 0.25) is 0 Å². The van der Waals surface area contributed by atoms with Crippen molar-refractivity contribution >= 4 is 11.6 Å². The molecule has 2 aromatic heterocycles. The molecule has 31 heavy (non-hydrogen) atoms. The van der Waals surface area contributed by atoms with Gasteiger partial charge in [0.25, 0.3) is 11.2 Å². The van der Waals surface area contributed by atoms with E-state index in [0.29, 0.717) is 18.2 Å². The summed E-state index contributed by atoms with van der Waals surface area (Å²) in [6.07, 6.45) is 2.59. The van der Waals surface area contributed by atoms with Crippen molar-refractivity contribution in [1.82, 2.24) is 14.9 Å². The second-order valence-corrected chi connectivity index (χ2v) is 6.40. The Hall–Kier alpha value is -4.21. The lowest BCUT2D eigenvalue weighted by Gasteiger charge is -2.09. The zero-order valence-corrected chi connectivity index (χ0v) is 16.7. The van der Waals surface area contributed by atoms with Gasteiger partial charge in [0.15, 0.2) is 0 Å². The van der Waals surface area contributed by atoms with Crippen molar-refractivity contribution in [3.8, 4) is 17.4 Å². The van der Waals surface area contributed by atoms with Crippen molar-refractivity contribution in [3.05, 3.63) is 87.0 Å². The normalized spacial score (nSPS) is 10.4. The summed E-state index contributed by atoms with van der Waals surface area (Å²) in [5, 5.41) is 13.5. The van der Waals surface area contributed by atoms with Gasteiger partial charge in [-0.3, -0.25) is 24.3 Å². The number of amides is 1. The molecule has 0 aliphatic rings. The average molecular weight is 424 g/mol. The van der Waals surface area contributed by atoms with E-state index in [1.165, 1.54) is 0 Å². The Morgan fingerprint density at radius 1 is 1.16 bits per heavy atom. The molecule has 0 saturated heterocycles. The van der Waals surface area contributed by atoms with E-state index < -0.39 is 16.4 Å². The molecule has 3 aromatic rings. The Labute approximate surface area is 177 Å². The lowest BCUT2D eigenvalue weighted by atomic mass is 10.2. The zero-order valence-electron chi connectivity index (χ0n) is 16.7. The molecular weight excluding hydrogens is 404 g/mol. The molecule has 160 valence electrons. The molecule has 1 aromatic carbocycles. The van der Waals surface area contributed by atoms with E-state index in [-0.39, 0.29) is 18.8 Å². The summed E-state index contributed by atoms with van der Waals surface area (Å²) in [7, 11) is 0. The van der Waals surface area contributed by atoms with Crippen LogP contribution in [-0.4, -0.2) is 27.0 Å². The van der Waals surface area contributed by atoms with E-state index in [2.05, 4.69) is 10.3 Å². The van der Waals surface area contributed by atoms with Crippen LogP contribution in [0.1, 0.15) is 12.5 Å². The fourth-order valence-corrected chi connectivity index (χ4v) is 2.67. The average Bonchev–Trinajstić information content (AvgIpc) is 2.75. The molecule has 2 heterocycles. The van der Waals surface area contributed by atoms with Crippen LogP contribution >= 0.6 is 0 Å². The van der Waals surface area contributed by atoms with Gasteiger partial charge in [-0.25, -0.2) is 4.98 Å². The summed E-state index contributed by atoms with van der Waals surface area (Å²) in [6, 6.07) is 12.6. The number of hydrogen-bond donors (Lipinski definition) is 1. The topological polar surface area (TPSA) is 126 Å². The molecule has 1 amide bonds. The van der Waals surface area contributed by atoms with E-state index in [1.807, 2.05) is 6.92 Å². The van der Waals surface area contributed by atoms with Crippen LogP contribution < -0.4 is 20.3 Å². The summed E-state index contributed by atoms with van der Waals surface area (Å²) >= 11 is 0. The van der Waals surface area contributed by atoms with Crippen molar-refractivity contribution in [2.24, 2.45) is 0 Å². The molecule has 10 nitrogen and oxygen atoms in total. The van der Waals surface area contributed by atoms with Crippen LogP contribution in [0.15, 0.2) is 65.7 Å². The van der Waals surface area contributed by atoms with Crippen molar-refractivity contribution in [2.75, 3.05) is 6.61 Å². The largest absolute Gasteiger partial charge is 0.494 e. The first-order chi connectivity index (χ1) is 14.9. The Bertz CT molecular complexity index is 1130. The number of carbonyl (C=O) groups excluding carboxylic acids is 1. The van der Waals surface area contributed by atoms with E-state index in [4.69, 9.17) is 9.47 Å². The van der Waals surface area contributed by atoms with Crippen molar-refractivity contribution in [1.29, 1.82) is 0 Å². The number of nitrogens with zero attached hydrogens (tertiary/aromatic N) is 3. The number of benzene rings is 1. The maximum absolute atomic E-state index is 12.2. The summed E-state index contributed by atoms with van der Waals surface area (Å²) in [5.74, 6) is 1.21. The Morgan fingerprint density at radius 3 is 2.61 bits per heavy atom. The predicted molar refractivity (Wildman–Crippen MR) is 111 cm³/mol. The van der Waals surface area contributed by atoms with E-state index in [0.717, 1.165) is 34.2 Å². The van der Waals surface area contributed by atoms with E-state index in [1.54, 1.807) is 42.6 Å². The fraction of sp³-hybridized carbons (Fsp3) is 0.190. The Balaban J connectivity index is 1.58. The maximum Gasteiger partial charge on any atom is 0.285 e. The van der Waals surface area contributed by atoms with Gasteiger partial charge >= 0.3 is 0 Å². The number of nitrogens with one attached hydrogen (secondary N) is 1. The molecule has 0 saturated carbocycles. The van der Waals surface area contributed by atoms with E-state index >= 15 is 0 Å². The number of nitro groups is 1. The van der Waals surface area contributed by atoms with Crippen molar-refractivity contribution in [2.45, 2.75) is 20.0 Å². The first-order valence-electron chi connectivity index (χ1n) is 9.42. The first kappa shape index (κ1) is 21.5. The minimum atomic E-state index is -0.628. The highest BCUT2D eigenvalue weighted by Crippen LogP contribution is 2.23. The monoisotopic (exact) mass is 424 g/mol. The highest BCUT2D eigenvalue weighted by molar-refractivity contribution is 5.75. The first-order valence-corrected chi connectivity index (χ1v) is 9.42. The molecule has 0 atom stereocenters. The lowest BCUT2D eigenvalue weighted by Crippen LogP contribution is -2.31. The summed E-state index contributed by atoms with van der Waals surface area (Å²) < 4.78 is 12.1. The molecule has 0 aliphatic carbocycles. The van der Waals surface area contributed by atoms with Gasteiger partial charge in [0.2, 0.25) is 11.8 Å². The zero-order chi connectivity index (χ0) is 22.2. The Kier molecular flexibility index (Phi) is 6.94. The standard InChI is InChI=1S/C21H20N4O6/c1-2-30-17-4-6-18(7-5-17)31-20-11-15(9-10-22-20)12-23-19(26)14-24-13-16(25(28)29)3-8-21(24)27/h3-11,13H,2,12,14H2,1H3,(H,23,26). The van der Waals surface area contributed by atoms with Gasteiger partial charge in [0.1, 0.15) is 18.0 Å². The number of rotatable bonds is 9. The highest BCUT2D eigenvalue weighted by atomic mass is 16.6. The van der Waals surface area contributed by atoms with Crippen molar-refractivity contribution in [3.63, 3.8) is 0 Å².